The van der Waals surface area contributed by atoms with Crippen LogP contribution in [0.2, 0.25) is 0 Å². The molecular weight excluding hydrogens is 198 g/mol. The molecule has 2 aliphatic rings. The van der Waals surface area contributed by atoms with Crippen LogP contribution in [0, 0.1) is 17.8 Å². The molecule has 16 heavy (non-hydrogen) atoms. The Labute approximate surface area is 100 Å². The summed E-state index contributed by atoms with van der Waals surface area (Å²) in [6.45, 7) is 7.36. The van der Waals surface area contributed by atoms with Crippen LogP contribution in [0.15, 0.2) is 0 Å². The van der Waals surface area contributed by atoms with Gasteiger partial charge in [0.1, 0.15) is 0 Å². The Kier molecular flexibility index (Phi) is 4.66. The van der Waals surface area contributed by atoms with Gasteiger partial charge in [0.05, 0.1) is 6.61 Å². The van der Waals surface area contributed by atoms with Gasteiger partial charge in [0.15, 0.2) is 0 Å². The van der Waals surface area contributed by atoms with Crippen LogP contribution < -0.4 is 5.32 Å². The normalized spacial score (nSPS) is 32.8. The molecule has 2 heteroatoms. The Bertz CT molecular complexity index is 205. The molecule has 2 fully saturated rings. The monoisotopic (exact) mass is 225 g/mol. The topological polar surface area (TPSA) is 21.3 Å². The van der Waals surface area contributed by atoms with Gasteiger partial charge in [0.25, 0.3) is 0 Å². The van der Waals surface area contributed by atoms with Gasteiger partial charge in [0, 0.05) is 19.2 Å². The van der Waals surface area contributed by atoms with E-state index < -0.39 is 0 Å². The van der Waals surface area contributed by atoms with E-state index in [-0.39, 0.29) is 0 Å². The molecule has 2 bridgehead atoms. The van der Waals surface area contributed by atoms with E-state index in [1.54, 1.807) is 0 Å². The third kappa shape index (κ3) is 3.46. The molecule has 0 spiro atoms. The molecule has 3 atom stereocenters. The van der Waals surface area contributed by atoms with Crippen molar-refractivity contribution in [2.45, 2.75) is 52.0 Å². The maximum Gasteiger partial charge on any atom is 0.0591 e. The van der Waals surface area contributed by atoms with Crippen molar-refractivity contribution >= 4 is 0 Å². The van der Waals surface area contributed by atoms with E-state index in [0.717, 1.165) is 43.6 Å². The molecule has 0 aliphatic heterocycles. The van der Waals surface area contributed by atoms with E-state index >= 15 is 0 Å². The van der Waals surface area contributed by atoms with Crippen molar-refractivity contribution in [1.82, 2.24) is 5.32 Å². The fourth-order valence-corrected chi connectivity index (χ4v) is 3.23. The average Bonchev–Trinajstić information content (AvgIpc) is 2.84. The maximum absolute atomic E-state index is 5.62. The number of hydrogen-bond donors (Lipinski definition) is 1. The Morgan fingerprint density at radius 2 is 2.06 bits per heavy atom. The van der Waals surface area contributed by atoms with Gasteiger partial charge in [-0.25, -0.2) is 0 Å². The third-order valence-corrected chi connectivity index (χ3v) is 4.23. The zero-order valence-corrected chi connectivity index (χ0v) is 10.9. The van der Waals surface area contributed by atoms with Crippen LogP contribution in [0.25, 0.3) is 0 Å². The highest BCUT2D eigenvalue weighted by Gasteiger charge is 2.38. The largest absolute Gasteiger partial charge is 0.380 e. The van der Waals surface area contributed by atoms with Gasteiger partial charge < -0.3 is 10.1 Å². The molecule has 0 aromatic carbocycles. The van der Waals surface area contributed by atoms with Crippen molar-refractivity contribution in [2.24, 2.45) is 17.8 Å². The van der Waals surface area contributed by atoms with E-state index in [1.807, 2.05) is 0 Å². The molecule has 2 nitrogen and oxygen atoms in total. The Hall–Kier alpha value is -0.0800. The molecule has 0 aromatic rings. The van der Waals surface area contributed by atoms with Crippen molar-refractivity contribution in [3.05, 3.63) is 0 Å². The van der Waals surface area contributed by atoms with Crippen LogP contribution in [-0.2, 0) is 4.74 Å². The summed E-state index contributed by atoms with van der Waals surface area (Å²) in [5.74, 6) is 2.79. The van der Waals surface area contributed by atoms with Crippen molar-refractivity contribution in [3.8, 4) is 0 Å². The molecule has 0 radical (unpaired) electrons. The van der Waals surface area contributed by atoms with Gasteiger partial charge in [0.2, 0.25) is 0 Å². The van der Waals surface area contributed by atoms with Gasteiger partial charge in [-0.2, -0.15) is 0 Å². The molecule has 1 N–H and O–H groups in total. The van der Waals surface area contributed by atoms with Crippen molar-refractivity contribution in [1.29, 1.82) is 0 Å². The summed E-state index contributed by atoms with van der Waals surface area (Å²) in [5, 5.41) is 3.68. The van der Waals surface area contributed by atoms with Gasteiger partial charge >= 0.3 is 0 Å². The third-order valence-electron chi connectivity index (χ3n) is 4.23. The van der Waals surface area contributed by atoms with Crippen molar-refractivity contribution in [3.63, 3.8) is 0 Å². The zero-order chi connectivity index (χ0) is 11.4. The summed E-state index contributed by atoms with van der Waals surface area (Å²) in [5.41, 5.74) is 0. The molecule has 2 saturated carbocycles. The van der Waals surface area contributed by atoms with Crippen LogP contribution in [0.3, 0.4) is 0 Å². The summed E-state index contributed by atoms with van der Waals surface area (Å²) in [6.07, 6.45) is 7.07. The smallest absolute Gasteiger partial charge is 0.0591 e. The number of rotatable bonds is 7. The fourth-order valence-electron chi connectivity index (χ4n) is 3.23. The minimum absolute atomic E-state index is 0.763. The first-order chi connectivity index (χ1) is 7.75. The van der Waals surface area contributed by atoms with Crippen molar-refractivity contribution in [2.75, 3.05) is 19.8 Å². The number of fused-ring (bicyclic) bond motifs is 2. The molecule has 0 saturated heterocycles. The van der Waals surface area contributed by atoms with Crippen LogP contribution in [0.1, 0.15) is 46.0 Å². The highest BCUT2D eigenvalue weighted by molar-refractivity contribution is 4.93. The highest BCUT2D eigenvalue weighted by Crippen LogP contribution is 2.44. The molecule has 0 amide bonds. The maximum atomic E-state index is 5.62. The minimum Gasteiger partial charge on any atom is -0.380 e. The first-order valence-corrected chi connectivity index (χ1v) is 7.07. The summed E-state index contributed by atoms with van der Waals surface area (Å²) in [6, 6.07) is 0.812. The Morgan fingerprint density at radius 3 is 2.69 bits per heavy atom. The van der Waals surface area contributed by atoms with E-state index in [9.17, 15) is 0 Å². The molecule has 3 unspecified atom stereocenters. The lowest BCUT2D eigenvalue weighted by Crippen LogP contribution is -2.36. The number of hydrogen-bond acceptors (Lipinski definition) is 2. The predicted octanol–water partition coefficient (Wildman–Crippen LogP) is 2.83. The van der Waals surface area contributed by atoms with E-state index in [2.05, 4.69) is 19.2 Å². The lowest BCUT2D eigenvalue weighted by atomic mass is 9.95. The predicted molar refractivity (Wildman–Crippen MR) is 67.5 cm³/mol. The van der Waals surface area contributed by atoms with Gasteiger partial charge in [-0.3, -0.25) is 0 Å². The van der Waals surface area contributed by atoms with E-state index in [1.165, 1.54) is 32.1 Å². The molecule has 2 aliphatic carbocycles. The second-order valence-corrected chi connectivity index (χ2v) is 6.03. The second-order valence-electron chi connectivity index (χ2n) is 6.03. The zero-order valence-electron chi connectivity index (χ0n) is 10.9. The first kappa shape index (κ1) is 12.4. The standard InChI is InChI=1S/C14H27NO/c1-11(2)5-7-16-8-6-15-14-10-12-3-4-13(14)9-12/h11-15H,3-10H2,1-2H3. The van der Waals surface area contributed by atoms with E-state index in [4.69, 9.17) is 4.74 Å². The van der Waals surface area contributed by atoms with Gasteiger partial charge in [-0.1, -0.05) is 20.3 Å². The minimum atomic E-state index is 0.763. The summed E-state index contributed by atoms with van der Waals surface area (Å²) in [4.78, 5) is 0. The van der Waals surface area contributed by atoms with Crippen LogP contribution in [0.5, 0.6) is 0 Å². The molecule has 2 rings (SSSR count). The molecular formula is C14H27NO. The molecule has 0 heterocycles. The molecule has 94 valence electrons. The van der Waals surface area contributed by atoms with Gasteiger partial charge in [-0.15, -0.1) is 0 Å². The lowest BCUT2D eigenvalue weighted by molar-refractivity contribution is 0.121. The Balaban J connectivity index is 1.46. The highest BCUT2D eigenvalue weighted by atomic mass is 16.5. The molecule has 0 aromatic heterocycles. The SMILES string of the molecule is CC(C)CCOCCNC1CC2CCC1C2. The first-order valence-electron chi connectivity index (χ1n) is 7.07. The number of ether oxygens (including phenoxy) is 1. The summed E-state index contributed by atoms with van der Waals surface area (Å²) < 4.78 is 5.62. The number of nitrogens with one attached hydrogen (secondary N) is 1. The van der Waals surface area contributed by atoms with E-state index in [0.29, 0.717) is 0 Å². The lowest BCUT2D eigenvalue weighted by Gasteiger charge is -2.22. The van der Waals surface area contributed by atoms with Crippen LogP contribution in [-0.4, -0.2) is 25.8 Å². The second kappa shape index (κ2) is 6.02. The summed E-state index contributed by atoms with van der Waals surface area (Å²) >= 11 is 0. The average molecular weight is 225 g/mol. The summed E-state index contributed by atoms with van der Waals surface area (Å²) in [7, 11) is 0. The van der Waals surface area contributed by atoms with Crippen LogP contribution in [0.4, 0.5) is 0 Å². The Morgan fingerprint density at radius 1 is 1.19 bits per heavy atom. The fraction of sp³-hybridized carbons (Fsp3) is 1.00. The van der Waals surface area contributed by atoms with Gasteiger partial charge in [-0.05, 0) is 43.4 Å². The van der Waals surface area contributed by atoms with Crippen molar-refractivity contribution < 1.29 is 4.74 Å². The quantitative estimate of drug-likeness (QED) is 0.673. The van der Waals surface area contributed by atoms with Crippen LogP contribution >= 0.6 is 0 Å².